The predicted molar refractivity (Wildman–Crippen MR) is 63.7 cm³/mol. The predicted octanol–water partition coefficient (Wildman–Crippen LogP) is 3.19. The molecule has 0 saturated heterocycles. The summed E-state index contributed by atoms with van der Waals surface area (Å²) in [5, 5.41) is 0.408. The average Bonchev–Trinajstić information content (AvgIpc) is 2.27. The van der Waals surface area contributed by atoms with Crippen LogP contribution in [-0.2, 0) is 6.42 Å². The van der Waals surface area contributed by atoms with Crippen LogP contribution in [-0.4, -0.2) is 4.98 Å². The van der Waals surface area contributed by atoms with Crippen molar-refractivity contribution < 1.29 is 4.39 Å². The smallest absolute Gasteiger partial charge is 0.195 e. The molecule has 2 aromatic rings. The summed E-state index contributed by atoms with van der Waals surface area (Å²) in [5.74, 6) is -0.536. The third-order valence-corrected chi connectivity index (χ3v) is 3.07. The fourth-order valence-electron chi connectivity index (χ4n) is 1.82. The minimum atomic E-state index is -0.536. The van der Waals surface area contributed by atoms with E-state index in [1.165, 1.54) is 12.1 Å². The molecule has 0 radical (unpaired) electrons. The number of rotatable bonds is 1. The van der Waals surface area contributed by atoms with Crippen molar-refractivity contribution in [2.24, 2.45) is 0 Å². The number of hydrogen-bond donors (Lipinski definition) is 1. The van der Waals surface area contributed by atoms with Gasteiger partial charge in [0.25, 0.3) is 0 Å². The number of fused-ring (bicyclic) bond motifs is 1. The molecule has 0 fully saturated rings. The molecule has 0 aliphatic carbocycles. The Morgan fingerprint density at radius 2 is 2.12 bits per heavy atom. The first-order valence-corrected chi connectivity index (χ1v) is 5.43. The first-order chi connectivity index (χ1) is 7.56. The highest BCUT2D eigenvalue weighted by atomic mass is 35.5. The molecule has 0 amide bonds. The first-order valence-electron chi connectivity index (χ1n) is 5.05. The molecule has 4 heteroatoms. The van der Waals surface area contributed by atoms with Crippen molar-refractivity contribution in [3.05, 3.63) is 44.5 Å². The lowest BCUT2D eigenvalue weighted by Crippen LogP contribution is -2.12. The Morgan fingerprint density at radius 3 is 2.75 bits per heavy atom. The summed E-state index contributed by atoms with van der Waals surface area (Å²) < 4.78 is 13.6. The van der Waals surface area contributed by atoms with Gasteiger partial charge in [0.05, 0.1) is 15.9 Å². The monoisotopic (exact) mass is 239 g/mol. The summed E-state index contributed by atoms with van der Waals surface area (Å²) in [6.07, 6.45) is 0.684. The number of halogens is 2. The summed E-state index contributed by atoms with van der Waals surface area (Å²) in [5.41, 5.74) is 1.45. The highest BCUT2D eigenvalue weighted by Gasteiger charge is 2.13. The van der Waals surface area contributed by atoms with Crippen LogP contribution in [0.2, 0.25) is 5.02 Å². The second-order valence-corrected chi connectivity index (χ2v) is 4.10. The molecule has 0 unspecified atom stereocenters. The molecule has 0 spiro atoms. The van der Waals surface area contributed by atoms with Crippen LogP contribution in [0.3, 0.4) is 0 Å². The Bertz CT molecular complexity index is 618. The van der Waals surface area contributed by atoms with Gasteiger partial charge in [-0.2, -0.15) is 0 Å². The maximum Gasteiger partial charge on any atom is 0.195 e. The summed E-state index contributed by atoms with van der Waals surface area (Å²) in [4.78, 5) is 15.0. The van der Waals surface area contributed by atoms with Gasteiger partial charge in [0.2, 0.25) is 0 Å². The van der Waals surface area contributed by atoms with Crippen molar-refractivity contribution in [3.8, 4) is 0 Å². The van der Waals surface area contributed by atoms with E-state index >= 15 is 0 Å². The van der Waals surface area contributed by atoms with Crippen molar-refractivity contribution in [1.29, 1.82) is 0 Å². The van der Waals surface area contributed by atoms with Gasteiger partial charge in [0.15, 0.2) is 5.43 Å². The Hall–Kier alpha value is -1.35. The minimum absolute atomic E-state index is 0.0437. The minimum Gasteiger partial charge on any atom is -0.357 e. The summed E-state index contributed by atoms with van der Waals surface area (Å²) in [6, 6.07) is 2.66. The van der Waals surface area contributed by atoms with Gasteiger partial charge < -0.3 is 4.98 Å². The summed E-state index contributed by atoms with van der Waals surface area (Å²) in [6.45, 7) is 3.62. The van der Waals surface area contributed by atoms with E-state index in [2.05, 4.69) is 4.98 Å². The van der Waals surface area contributed by atoms with Gasteiger partial charge in [-0.25, -0.2) is 4.39 Å². The van der Waals surface area contributed by atoms with E-state index in [-0.39, 0.29) is 10.8 Å². The number of aryl methyl sites for hydroxylation is 1. The Labute approximate surface area is 97.1 Å². The largest absolute Gasteiger partial charge is 0.357 e. The highest BCUT2D eigenvalue weighted by Crippen LogP contribution is 2.23. The third-order valence-electron chi connectivity index (χ3n) is 2.75. The molecular formula is C12H11ClFNO. The normalized spacial score (nSPS) is 11.0. The van der Waals surface area contributed by atoms with Crippen LogP contribution < -0.4 is 5.43 Å². The van der Waals surface area contributed by atoms with Crippen molar-refractivity contribution >= 4 is 22.5 Å². The molecule has 1 aromatic heterocycles. The third kappa shape index (κ3) is 1.52. The molecule has 2 nitrogen and oxygen atoms in total. The van der Waals surface area contributed by atoms with E-state index in [9.17, 15) is 9.18 Å². The molecule has 0 atom stereocenters. The van der Waals surface area contributed by atoms with Gasteiger partial charge in [0, 0.05) is 11.3 Å². The molecule has 0 aliphatic heterocycles. The fraction of sp³-hybridized carbons (Fsp3) is 0.250. The van der Waals surface area contributed by atoms with E-state index in [4.69, 9.17) is 11.6 Å². The van der Waals surface area contributed by atoms with Gasteiger partial charge >= 0.3 is 0 Å². The number of pyridine rings is 1. The van der Waals surface area contributed by atoms with Gasteiger partial charge in [0.1, 0.15) is 5.82 Å². The lowest BCUT2D eigenvalue weighted by Gasteiger charge is -2.08. The van der Waals surface area contributed by atoms with Gasteiger partial charge in [-0.1, -0.05) is 18.5 Å². The number of hydrogen-bond acceptors (Lipinski definition) is 1. The first kappa shape index (κ1) is 11.1. The molecule has 84 valence electrons. The van der Waals surface area contributed by atoms with Crippen LogP contribution in [0.15, 0.2) is 16.9 Å². The summed E-state index contributed by atoms with van der Waals surface area (Å²) >= 11 is 5.95. The zero-order valence-electron chi connectivity index (χ0n) is 9.03. The standard InChI is InChI=1S/C12H11ClFNO/c1-3-9-6(2)12(16)10-8(14)5-4-7(13)11(10)15-9/h4-5H,3H2,1-2H3,(H,15,16). The number of aromatic nitrogens is 1. The Kier molecular flexibility index (Phi) is 2.72. The zero-order valence-corrected chi connectivity index (χ0v) is 9.78. The van der Waals surface area contributed by atoms with Gasteiger partial charge in [-0.3, -0.25) is 4.79 Å². The molecule has 0 aliphatic rings. The maximum atomic E-state index is 13.6. The van der Waals surface area contributed by atoms with Gasteiger partial charge in [-0.15, -0.1) is 0 Å². The molecule has 16 heavy (non-hydrogen) atoms. The zero-order chi connectivity index (χ0) is 11.9. The second-order valence-electron chi connectivity index (χ2n) is 3.69. The lowest BCUT2D eigenvalue weighted by molar-refractivity contribution is 0.638. The summed E-state index contributed by atoms with van der Waals surface area (Å²) in [7, 11) is 0. The molecule has 1 N–H and O–H groups in total. The van der Waals surface area contributed by atoms with Crippen molar-refractivity contribution in [2.75, 3.05) is 0 Å². The van der Waals surface area contributed by atoms with Crippen molar-refractivity contribution in [3.63, 3.8) is 0 Å². The van der Waals surface area contributed by atoms with Crippen LogP contribution in [0, 0.1) is 12.7 Å². The Morgan fingerprint density at radius 1 is 1.44 bits per heavy atom. The average molecular weight is 240 g/mol. The van der Waals surface area contributed by atoms with Crippen LogP contribution in [0.4, 0.5) is 4.39 Å². The molecule has 1 aromatic carbocycles. The molecule has 2 rings (SSSR count). The van der Waals surface area contributed by atoms with E-state index < -0.39 is 5.82 Å². The second kappa shape index (κ2) is 3.91. The van der Waals surface area contributed by atoms with Crippen LogP contribution in [0.1, 0.15) is 18.2 Å². The van der Waals surface area contributed by atoms with Crippen LogP contribution >= 0.6 is 11.6 Å². The number of nitrogens with one attached hydrogen (secondary N) is 1. The van der Waals surface area contributed by atoms with E-state index in [0.717, 1.165) is 5.69 Å². The fourth-order valence-corrected chi connectivity index (χ4v) is 2.02. The van der Waals surface area contributed by atoms with E-state index in [1.807, 2.05) is 6.92 Å². The molecule has 0 saturated carbocycles. The molecular weight excluding hydrogens is 229 g/mol. The van der Waals surface area contributed by atoms with E-state index in [1.54, 1.807) is 6.92 Å². The number of aromatic amines is 1. The lowest BCUT2D eigenvalue weighted by atomic mass is 10.1. The van der Waals surface area contributed by atoms with Crippen LogP contribution in [0.5, 0.6) is 0 Å². The van der Waals surface area contributed by atoms with Crippen molar-refractivity contribution in [1.82, 2.24) is 4.98 Å². The molecule has 0 bridgehead atoms. The maximum absolute atomic E-state index is 13.6. The van der Waals surface area contributed by atoms with E-state index in [0.29, 0.717) is 22.5 Å². The van der Waals surface area contributed by atoms with Gasteiger partial charge in [-0.05, 0) is 25.5 Å². The topological polar surface area (TPSA) is 32.9 Å². The van der Waals surface area contributed by atoms with Crippen LogP contribution in [0.25, 0.3) is 10.9 Å². The highest BCUT2D eigenvalue weighted by molar-refractivity contribution is 6.35. The SMILES string of the molecule is CCc1[nH]c2c(Cl)ccc(F)c2c(=O)c1C. The number of benzene rings is 1. The Balaban J connectivity index is 3.04. The number of H-pyrrole nitrogens is 1. The van der Waals surface area contributed by atoms with Crippen molar-refractivity contribution in [2.45, 2.75) is 20.3 Å². The quantitative estimate of drug-likeness (QED) is 0.815. The molecule has 1 heterocycles.